The third-order valence-corrected chi connectivity index (χ3v) is 1.09. The standard InChI is InChI=1S/C8H16O3/c1-10-8-11-7-5-3-2-4-6-9/h2-3,9H,4-8H2,1H3. The molecule has 0 aromatic heterocycles. The van der Waals surface area contributed by atoms with Crippen LogP contribution >= 0.6 is 0 Å². The van der Waals surface area contributed by atoms with Crippen molar-refractivity contribution in [3.8, 4) is 0 Å². The van der Waals surface area contributed by atoms with Gasteiger partial charge in [-0.2, -0.15) is 0 Å². The van der Waals surface area contributed by atoms with E-state index in [9.17, 15) is 0 Å². The third kappa shape index (κ3) is 9.62. The third-order valence-electron chi connectivity index (χ3n) is 1.09. The van der Waals surface area contributed by atoms with E-state index in [1.165, 1.54) is 0 Å². The lowest BCUT2D eigenvalue weighted by atomic mass is 10.3. The van der Waals surface area contributed by atoms with E-state index in [4.69, 9.17) is 9.84 Å². The number of aliphatic hydroxyl groups is 1. The number of rotatable bonds is 7. The smallest absolute Gasteiger partial charge is 0.146 e. The minimum atomic E-state index is 0.218. The lowest BCUT2D eigenvalue weighted by Gasteiger charge is -1.98. The highest BCUT2D eigenvalue weighted by Crippen LogP contribution is 1.87. The maximum Gasteiger partial charge on any atom is 0.146 e. The molecule has 0 heterocycles. The molecule has 0 saturated heterocycles. The SMILES string of the molecule is COCOCCC=CCCO. The molecule has 11 heavy (non-hydrogen) atoms. The Morgan fingerprint density at radius 3 is 2.64 bits per heavy atom. The summed E-state index contributed by atoms with van der Waals surface area (Å²) in [5.74, 6) is 0. The van der Waals surface area contributed by atoms with Gasteiger partial charge in [0.1, 0.15) is 6.79 Å². The van der Waals surface area contributed by atoms with Crippen LogP contribution in [0, 0.1) is 0 Å². The van der Waals surface area contributed by atoms with Gasteiger partial charge in [0.15, 0.2) is 0 Å². The Kier molecular flexibility index (Phi) is 9.29. The van der Waals surface area contributed by atoms with Gasteiger partial charge in [-0.25, -0.2) is 0 Å². The molecule has 3 nitrogen and oxygen atoms in total. The van der Waals surface area contributed by atoms with Gasteiger partial charge in [0.25, 0.3) is 0 Å². The Bertz CT molecular complexity index is 91.3. The van der Waals surface area contributed by atoms with Gasteiger partial charge in [0.05, 0.1) is 6.61 Å². The highest BCUT2D eigenvalue weighted by molar-refractivity contribution is 4.80. The second-order valence-electron chi connectivity index (χ2n) is 2.09. The van der Waals surface area contributed by atoms with Gasteiger partial charge in [-0.1, -0.05) is 12.2 Å². The molecule has 66 valence electrons. The molecule has 0 aromatic rings. The quantitative estimate of drug-likeness (QED) is 0.342. The summed E-state index contributed by atoms with van der Waals surface area (Å²) < 4.78 is 9.71. The maximum atomic E-state index is 8.40. The Balaban J connectivity index is 2.89. The Morgan fingerprint density at radius 2 is 2.00 bits per heavy atom. The topological polar surface area (TPSA) is 38.7 Å². The largest absolute Gasteiger partial charge is 0.396 e. The highest BCUT2D eigenvalue weighted by atomic mass is 16.7. The van der Waals surface area contributed by atoms with Crippen LogP contribution in [-0.2, 0) is 9.47 Å². The summed E-state index contributed by atoms with van der Waals surface area (Å²) >= 11 is 0. The zero-order chi connectivity index (χ0) is 8.36. The Morgan fingerprint density at radius 1 is 1.27 bits per heavy atom. The van der Waals surface area contributed by atoms with Crippen LogP contribution in [-0.4, -0.2) is 32.2 Å². The van der Waals surface area contributed by atoms with Gasteiger partial charge < -0.3 is 14.6 Å². The Labute approximate surface area is 67.6 Å². The molecule has 0 fully saturated rings. The van der Waals surface area contributed by atoms with Crippen molar-refractivity contribution in [1.82, 2.24) is 0 Å². The van der Waals surface area contributed by atoms with Crippen molar-refractivity contribution in [3.05, 3.63) is 12.2 Å². The summed E-state index contributed by atoms with van der Waals surface area (Å²) in [4.78, 5) is 0. The van der Waals surface area contributed by atoms with Crippen molar-refractivity contribution in [3.63, 3.8) is 0 Å². The average Bonchev–Trinajstić information content (AvgIpc) is 2.03. The van der Waals surface area contributed by atoms with Crippen LogP contribution in [0.2, 0.25) is 0 Å². The first-order valence-corrected chi connectivity index (χ1v) is 3.74. The first kappa shape index (κ1) is 10.6. The van der Waals surface area contributed by atoms with Crippen LogP contribution in [0.5, 0.6) is 0 Å². The fraction of sp³-hybridized carbons (Fsp3) is 0.750. The van der Waals surface area contributed by atoms with Crippen molar-refractivity contribution in [1.29, 1.82) is 0 Å². The molecule has 0 unspecified atom stereocenters. The molecule has 0 spiro atoms. The number of hydrogen-bond donors (Lipinski definition) is 1. The predicted octanol–water partition coefficient (Wildman–Crippen LogP) is 0.936. The second-order valence-corrected chi connectivity index (χ2v) is 2.09. The fourth-order valence-electron chi connectivity index (χ4n) is 0.604. The molecule has 0 radical (unpaired) electrons. The fourth-order valence-corrected chi connectivity index (χ4v) is 0.604. The van der Waals surface area contributed by atoms with E-state index in [0.717, 1.165) is 12.8 Å². The van der Waals surface area contributed by atoms with Gasteiger partial charge in [-0.05, 0) is 12.8 Å². The molecule has 0 aliphatic heterocycles. The normalized spacial score (nSPS) is 11.1. The number of aliphatic hydroxyl groups excluding tert-OH is 1. The molecule has 1 N–H and O–H groups in total. The van der Waals surface area contributed by atoms with E-state index in [2.05, 4.69) is 4.74 Å². The highest BCUT2D eigenvalue weighted by Gasteiger charge is 1.81. The number of hydrogen-bond acceptors (Lipinski definition) is 3. The molecule has 0 amide bonds. The van der Waals surface area contributed by atoms with Crippen molar-refractivity contribution >= 4 is 0 Å². The van der Waals surface area contributed by atoms with Crippen LogP contribution in [0.3, 0.4) is 0 Å². The van der Waals surface area contributed by atoms with Gasteiger partial charge in [-0.3, -0.25) is 0 Å². The number of methoxy groups -OCH3 is 1. The van der Waals surface area contributed by atoms with Gasteiger partial charge in [-0.15, -0.1) is 0 Å². The van der Waals surface area contributed by atoms with E-state index in [0.29, 0.717) is 13.4 Å². The van der Waals surface area contributed by atoms with E-state index >= 15 is 0 Å². The van der Waals surface area contributed by atoms with Crippen LogP contribution in [0.1, 0.15) is 12.8 Å². The van der Waals surface area contributed by atoms with E-state index in [1.807, 2.05) is 12.2 Å². The van der Waals surface area contributed by atoms with E-state index < -0.39 is 0 Å². The lowest BCUT2D eigenvalue weighted by Crippen LogP contribution is -1.96. The van der Waals surface area contributed by atoms with E-state index in [1.54, 1.807) is 7.11 Å². The molecule has 0 rings (SSSR count). The zero-order valence-corrected chi connectivity index (χ0v) is 6.95. The zero-order valence-electron chi connectivity index (χ0n) is 6.95. The average molecular weight is 160 g/mol. The summed E-state index contributed by atoms with van der Waals surface area (Å²) in [6.45, 7) is 1.25. The first-order valence-electron chi connectivity index (χ1n) is 3.74. The second kappa shape index (κ2) is 9.62. The van der Waals surface area contributed by atoms with E-state index in [-0.39, 0.29) is 6.61 Å². The van der Waals surface area contributed by atoms with Crippen LogP contribution < -0.4 is 0 Å². The molecular formula is C8H16O3. The van der Waals surface area contributed by atoms with Crippen LogP contribution in [0.25, 0.3) is 0 Å². The molecule has 0 aliphatic carbocycles. The van der Waals surface area contributed by atoms with Crippen LogP contribution in [0.15, 0.2) is 12.2 Å². The summed E-state index contributed by atoms with van der Waals surface area (Å²) in [6, 6.07) is 0. The van der Waals surface area contributed by atoms with Gasteiger partial charge >= 0.3 is 0 Å². The van der Waals surface area contributed by atoms with Crippen molar-refractivity contribution in [2.24, 2.45) is 0 Å². The number of ether oxygens (including phenoxy) is 2. The summed E-state index contributed by atoms with van der Waals surface area (Å²) in [6.07, 6.45) is 5.54. The molecule has 0 atom stereocenters. The molecule has 3 heteroatoms. The maximum absolute atomic E-state index is 8.40. The minimum absolute atomic E-state index is 0.218. The molecule has 0 aromatic carbocycles. The molecule has 0 saturated carbocycles. The van der Waals surface area contributed by atoms with Crippen molar-refractivity contribution in [2.45, 2.75) is 12.8 Å². The van der Waals surface area contributed by atoms with Gasteiger partial charge in [0.2, 0.25) is 0 Å². The molecular weight excluding hydrogens is 144 g/mol. The van der Waals surface area contributed by atoms with Crippen LogP contribution in [0.4, 0.5) is 0 Å². The summed E-state index contributed by atoms with van der Waals surface area (Å²) in [5, 5.41) is 8.40. The lowest BCUT2D eigenvalue weighted by molar-refractivity contribution is -0.0285. The minimum Gasteiger partial charge on any atom is -0.396 e. The Hall–Kier alpha value is -0.380. The first-order chi connectivity index (χ1) is 5.41. The van der Waals surface area contributed by atoms with Crippen molar-refractivity contribution < 1.29 is 14.6 Å². The van der Waals surface area contributed by atoms with Crippen molar-refractivity contribution in [2.75, 3.05) is 27.1 Å². The predicted molar refractivity (Wildman–Crippen MR) is 43.3 cm³/mol. The summed E-state index contributed by atoms with van der Waals surface area (Å²) in [7, 11) is 1.60. The monoisotopic (exact) mass is 160 g/mol. The van der Waals surface area contributed by atoms with Gasteiger partial charge in [0, 0.05) is 13.7 Å². The molecule has 0 aliphatic rings. The molecule has 0 bridgehead atoms. The summed E-state index contributed by atoms with van der Waals surface area (Å²) in [5.41, 5.74) is 0.